The van der Waals surface area contributed by atoms with Crippen LogP contribution in [0.2, 0.25) is 0 Å². The molecule has 1 aliphatic heterocycles. The van der Waals surface area contributed by atoms with Gasteiger partial charge in [-0.2, -0.15) is 4.98 Å². The number of sulfonamides is 1. The van der Waals surface area contributed by atoms with Gasteiger partial charge in [-0.05, 0) is 31.6 Å². The summed E-state index contributed by atoms with van der Waals surface area (Å²) < 4.78 is 47.6. The van der Waals surface area contributed by atoms with E-state index in [1.807, 2.05) is 13.8 Å². The van der Waals surface area contributed by atoms with Crippen molar-refractivity contribution in [2.24, 2.45) is 5.92 Å². The lowest BCUT2D eigenvalue weighted by Gasteiger charge is -2.32. The van der Waals surface area contributed by atoms with Crippen LogP contribution in [-0.4, -0.2) is 52.0 Å². The fourth-order valence-corrected chi connectivity index (χ4v) is 5.28. The van der Waals surface area contributed by atoms with Gasteiger partial charge in [-0.1, -0.05) is 20.3 Å². The molecule has 10 nitrogen and oxygen atoms in total. The van der Waals surface area contributed by atoms with Crippen LogP contribution in [0, 0.1) is 11.7 Å². The van der Waals surface area contributed by atoms with E-state index in [-0.39, 0.29) is 24.2 Å². The Hall–Kier alpha value is -2.60. The van der Waals surface area contributed by atoms with Gasteiger partial charge in [-0.15, -0.1) is 0 Å². The number of aromatic hydroxyl groups is 1. The molecule has 0 amide bonds. The Bertz CT molecular complexity index is 1120. The van der Waals surface area contributed by atoms with Crippen molar-refractivity contribution < 1.29 is 22.7 Å². The topological polar surface area (TPSA) is 136 Å². The Morgan fingerprint density at radius 2 is 1.91 bits per heavy atom. The summed E-state index contributed by atoms with van der Waals surface area (Å²) in [4.78, 5) is 25.3. The Balaban J connectivity index is 1.92. The Kier molecular flexibility index (Phi) is 8.95. The number of unbranched alkanes of at least 4 members (excludes halogenated alkanes) is 1. The molecule has 0 bridgehead atoms. The van der Waals surface area contributed by atoms with Crippen LogP contribution in [0.1, 0.15) is 63.6 Å². The third-order valence-corrected chi connectivity index (χ3v) is 7.27. The van der Waals surface area contributed by atoms with E-state index in [4.69, 9.17) is 4.74 Å². The second-order valence-electron chi connectivity index (χ2n) is 8.42. The van der Waals surface area contributed by atoms with E-state index in [0.717, 1.165) is 38.1 Å². The first-order chi connectivity index (χ1) is 16.3. The Labute approximate surface area is 198 Å². The minimum atomic E-state index is -4.05. The number of hydrogen-bond acceptors (Lipinski definition) is 8. The van der Waals surface area contributed by atoms with Gasteiger partial charge >= 0.3 is 0 Å². The second kappa shape index (κ2) is 11.7. The highest BCUT2D eigenvalue weighted by Gasteiger charge is 2.30. The minimum Gasteiger partial charge on any atom is -0.492 e. The monoisotopic (exact) mass is 497 g/mol. The highest BCUT2D eigenvalue weighted by atomic mass is 32.2. The number of anilines is 1. The molecule has 2 N–H and O–H groups in total. The molecule has 1 saturated heterocycles. The molecular formula is C22H32FN5O5S. The first-order valence-electron chi connectivity index (χ1n) is 11.6. The van der Waals surface area contributed by atoms with Crippen molar-refractivity contribution in [2.45, 2.75) is 64.8 Å². The maximum absolute atomic E-state index is 13.5. The van der Waals surface area contributed by atoms with Gasteiger partial charge in [0.15, 0.2) is 11.5 Å². The molecule has 0 saturated carbocycles. The van der Waals surface area contributed by atoms with Crippen molar-refractivity contribution in [1.29, 1.82) is 0 Å². The van der Waals surface area contributed by atoms with Crippen LogP contribution in [0.3, 0.4) is 0 Å². The second-order valence-corrected chi connectivity index (χ2v) is 10.3. The van der Waals surface area contributed by atoms with Gasteiger partial charge in [0.1, 0.15) is 11.6 Å². The van der Waals surface area contributed by atoms with Gasteiger partial charge in [-0.25, -0.2) is 22.8 Å². The van der Waals surface area contributed by atoms with E-state index >= 15 is 0 Å². The zero-order chi connectivity index (χ0) is 24.7. The molecule has 0 radical (unpaired) electrons. The molecule has 0 aromatic carbocycles. The lowest BCUT2D eigenvalue weighted by molar-refractivity contribution is 0.0466. The molecule has 0 spiro atoms. The van der Waals surface area contributed by atoms with E-state index in [1.54, 1.807) is 4.57 Å². The van der Waals surface area contributed by atoms with Crippen LogP contribution < -0.4 is 10.3 Å². The molecular weight excluding hydrogens is 465 g/mol. The lowest BCUT2D eigenvalue weighted by atomic mass is 9.89. The summed E-state index contributed by atoms with van der Waals surface area (Å²) in [7, 11) is -4.05. The van der Waals surface area contributed by atoms with Crippen LogP contribution in [0.5, 0.6) is 5.88 Å². The van der Waals surface area contributed by atoms with Gasteiger partial charge in [0.2, 0.25) is 15.9 Å². The third-order valence-electron chi connectivity index (χ3n) is 6.01. The number of nitrogens with zero attached hydrogens (tertiary/aromatic N) is 4. The van der Waals surface area contributed by atoms with E-state index < -0.39 is 38.7 Å². The zero-order valence-corrected chi connectivity index (χ0v) is 20.4. The predicted octanol–water partition coefficient (Wildman–Crippen LogP) is 2.58. The molecule has 0 unspecified atom stereocenters. The maximum Gasteiger partial charge on any atom is 0.282 e. The van der Waals surface area contributed by atoms with E-state index in [1.165, 1.54) is 0 Å². The van der Waals surface area contributed by atoms with Crippen molar-refractivity contribution in [3.05, 3.63) is 40.2 Å². The molecule has 3 rings (SSSR count). The fraction of sp³-hybridized carbons (Fsp3) is 0.636. The van der Waals surface area contributed by atoms with Gasteiger partial charge < -0.3 is 9.84 Å². The standard InChI is InChI=1S/C22H32FN5O5S/c1-3-5-6-19-26-21(29)20(22(30)28(19)17(4-2)15-7-10-33-11-8-15)27-34(31,32)12-9-18-24-13-16(23)14-25-18/h13-15,17,27,29H,3-12H2,1-2H3/t17-/m1/s1. The summed E-state index contributed by atoms with van der Waals surface area (Å²) in [5.41, 5.74) is -1.08. The fourth-order valence-electron chi connectivity index (χ4n) is 4.24. The van der Waals surface area contributed by atoms with E-state index in [0.29, 0.717) is 31.9 Å². The van der Waals surface area contributed by atoms with Crippen LogP contribution >= 0.6 is 0 Å². The predicted molar refractivity (Wildman–Crippen MR) is 125 cm³/mol. The van der Waals surface area contributed by atoms with Crippen LogP contribution in [0.25, 0.3) is 0 Å². The van der Waals surface area contributed by atoms with Gasteiger partial charge in [0.05, 0.1) is 18.1 Å². The molecule has 188 valence electrons. The highest BCUT2D eigenvalue weighted by molar-refractivity contribution is 7.92. The zero-order valence-electron chi connectivity index (χ0n) is 19.5. The normalized spacial score (nSPS) is 15.9. The summed E-state index contributed by atoms with van der Waals surface area (Å²) in [5, 5.41) is 10.5. The third kappa shape index (κ3) is 6.50. The molecule has 3 heterocycles. The van der Waals surface area contributed by atoms with Crippen molar-refractivity contribution in [3.8, 4) is 5.88 Å². The first-order valence-corrected chi connectivity index (χ1v) is 13.3. The molecule has 1 aliphatic rings. The van der Waals surface area contributed by atoms with Crippen LogP contribution in [-0.2, 0) is 27.6 Å². The largest absolute Gasteiger partial charge is 0.492 e. The van der Waals surface area contributed by atoms with Crippen molar-refractivity contribution in [3.63, 3.8) is 0 Å². The minimum absolute atomic E-state index is 0.0910. The lowest BCUT2D eigenvalue weighted by Crippen LogP contribution is -2.37. The van der Waals surface area contributed by atoms with Gasteiger partial charge in [0.25, 0.3) is 5.56 Å². The summed E-state index contributed by atoms with van der Waals surface area (Å²) in [6, 6.07) is -0.188. The number of aromatic nitrogens is 4. The van der Waals surface area contributed by atoms with Gasteiger partial charge in [-0.3, -0.25) is 14.1 Å². The SMILES string of the molecule is CCCCc1nc(O)c(NS(=O)(=O)CCc2ncc(F)cn2)c(=O)n1[C@H](CC)C1CCOCC1. The van der Waals surface area contributed by atoms with E-state index in [9.17, 15) is 22.7 Å². The number of aryl methyl sites for hydroxylation is 2. The number of ether oxygens (including phenoxy) is 1. The number of nitrogens with one attached hydrogen (secondary N) is 1. The van der Waals surface area contributed by atoms with Crippen molar-refractivity contribution in [2.75, 3.05) is 23.7 Å². The molecule has 1 fully saturated rings. The molecule has 2 aromatic heterocycles. The summed E-state index contributed by atoms with van der Waals surface area (Å²) in [5.74, 6) is -0.942. The smallest absolute Gasteiger partial charge is 0.282 e. The quantitative estimate of drug-likeness (QED) is 0.483. The van der Waals surface area contributed by atoms with E-state index in [2.05, 4.69) is 19.7 Å². The average Bonchev–Trinajstić information content (AvgIpc) is 2.83. The van der Waals surface area contributed by atoms with Crippen molar-refractivity contribution >= 4 is 15.7 Å². The van der Waals surface area contributed by atoms with Crippen LogP contribution in [0.4, 0.5) is 10.1 Å². The highest BCUT2D eigenvalue weighted by Crippen LogP contribution is 2.32. The Morgan fingerprint density at radius 3 is 2.53 bits per heavy atom. The molecule has 2 aromatic rings. The summed E-state index contributed by atoms with van der Waals surface area (Å²) in [6.45, 7) is 5.22. The molecule has 1 atom stereocenters. The number of hydrogen-bond donors (Lipinski definition) is 2. The Morgan fingerprint density at radius 1 is 1.24 bits per heavy atom. The van der Waals surface area contributed by atoms with Gasteiger partial charge in [0, 0.05) is 32.1 Å². The molecule has 34 heavy (non-hydrogen) atoms. The maximum atomic E-state index is 13.5. The summed E-state index contributed by atoms with van der Waals surface area (Å²) >= 11 is 0. The average molecular weight is 498 g/mol. The molecule has 12 heteroatoms. The summed E-state index contributed by atoms with van der Waals surface area (Å²) in [6.07, 6.45) is 6.20. The number of rotatable bonds is 11. The van der Waals surface area contributed by atoms with Crippen LogP contribution in [0.15, 0.2) is 17.2 Å². The van der Waals surface area contributed by atoms with Crippen molar-refractivity contribution in [1.82, 2.24) is 19.5 Å². The first kappa shape index (κ1) is 26.0. The molecule has 0 aliphatic carbocycles. The number of halogens is 1.